The van der Waals surface area contributed by atoms with Crippen molar-refractivity contribution < 1.29 is 9.72 Å². The van der Waals surface area contributed by atoms with Gasteiger partial charge in [-0.25, -0.2) is 4.98 Å². The van der Waals surface area contributed by atoms with E-state index in [-0.39, 0.29) is 17.1 Å². The third-order valence-corrected chi connectivity index (χ3v) is 2.10. The van der Waals surface area contributed by atoms with Crippen LogP contribution in [0.15, 0.2) is 12.3 Å². The molecule has 1 saturated heterocycles. The summed E-state index contributed by atoms with van der Waals surface area (Å²) in [4.78, 5) is 26.8. The Morgan fingerprint density at radius 3 is 2.73 bits per heavy atom. The maximum Gasteiger partial charge on any atom is 0.324 e. The van der Waals surface area contributed by atoms with Crippen molar-refractivity contribution in [2.24, 2.45) is 5.73 Å². The molecule has 78 valence electrons. The van der Waals surface area contributed by atoms with Crippen molar-refractivity contribution in [3.05, 3.63) is 27.9 Å². The molecule has 1 amide bonds. The molecule has 1 aliphatic rings. The Bertz CT molecular complexity index is 442. The maximum absolute atomic E-state index is 11.0. The Kier molecular flexibility index (Phi) is 2.00. The summed E-state index contributed by atoms with van der Waals surface area (Å²) in [6.07, 6.45) is 1.35. The molecule has 0 aromatic carbocycles. The number of carbonyl (C=O) groups excluding carboxylic acids is 1. The summed E-state index contributed by atoms with van der Waals surface area (Å²) < 4.78 is 0. The first-order chi connectivity index (χ1) is 7.11. The lowest BCUT2D eigenvalue weighted by Gasteiger charge is -2.04. The second-order valence-electron chi connectivity index (χ2n) is 3.14. The fourth-order valence-electron chi connectivity index (χ4n) is 1.31. The van der Waals surface area contributed by atoms with Gasteiger partial charge in [0.25, 0.3) is 5.91 Å². The number of anilines is 1. The van der Waals surface area contributed by atoms with Crippen LogP contribution in [0.5, 0.6) is 0 Å². The van der Waals surface area contributed by atoms with Crippen LogP contribution in [0.1, 0.15) is 10.4 Å². The molecule has 0 aliphatic carbocycles. The van der Waals surface area contributed by atoms with Crippen LogP contribution in [0.3, 0.4) is 0 Å². The van der Waals surface area contributed by atoms with E-state index >= 15 is 0 Å². The Morgan fingerprint density at radius 1 is 1.60 bits per heavy atom. The van der Waals surface area contributed by atoms with Gasteiger partial charge in [0.2, 0.25) is 5.82 Å². The van der Waals surface area contributed by atoms with Crippen LogP contribution in [0, 0.1) is 10.1 Å². The van der Waals surface area contributed by atoms with Gasteiger partial charge in [0.1, 0.15) is 5.56 Å². The molecule has 0 spiro atoms. The molecular formula is C8H8N4O3. The van der Waals surface area contributed by atoms with E-state index in [9.17, 15) is 14.9 Å². The largest absolute Gasteiger partial charge is 0.365 e. The molecule has 2 N–H and O–H groups in total. The van der Waals surface area contributed by atoms with Gasteiger partial charge in [-0.3, -0.25) is 14.9 Å². The van der Waals surface area contributed by atoms with Crippen molar-refractivity contribution in [1.29, 1.82) is 0 Å². The predicted molar refractivity (Wildman–Crippen MR) is 51.6 cm³/mol. The van der Waals surface area contributed by atoms with Crippen molar-refractivity contribution in [2.75, 3.05) is 18.0 Å². The summed E-state index contributed by atoms with van der Waals surface area (Å²) in [5.74, 6) is -0.594. The molecule has 0 unspecified atom stereocenters. The molecule has 1 fully saturated rings. The lowest BCUT2D eigenvalue weighted by atomic mass is 10.2. The van der Waals surface area contributed by atoms with Gasteiger partial charge in [-0.1, -0.05) is 0 Å². The van der Waals surface area contributed by atoms with Gasteiger partial charge in [-0.05, 0) is 6.07 Å². The smallest absolute Gasteiger partial charge is 0.324 e. The Balaban J connectivity index is 2.59. The number of hydrogen-bond donors (Lipinski definition) is 1. The maximum atomic E-state index is 11.0. The number of nitrogens with zero attached hydrogens (tertiary/aromatic N) is 3. The first-order valence-corrected chi connectivity index (χ1v) is 4.29. The highest BCUT2D eigenvalue weighted by Crippen LogP contribution is 2.32. The minimum absolute atomic E-state index is 0.100. The van der Waals surface area contributed by atoms with E-state index in [1.165, 1.54) is 12.3 Å². The normalized spacial score (nSPS) is 13.7. The molecule has 15 heavy (non-hydrogen) atoms. The summed E-state index contributed by atoms with van der Waals surface area (Å²) in [6, 6.07) is 1.26. The zero-order valence-corrected chi connectivity index (χ0v) is 7.71. The molecule has 0 saturated carbocycles. The van der Waals surface area contributed by atoms with Crippen molar-refractivity contribution in [2.45, 2.75) is 0 Å². The number of nitro groups is 1. The van der Waals surface area contributed by atoms with E-state index in [1.54, 1.807) is 4.90 Å². The summed E-state index contributed by atoms with van der Waals surface area (Å²) in [5.41, 5.74) is 4.65. The number of nitrogens with two attached hydrogens (primary N) is 1. The fourth-order valence-corrected chi connectivity index (χ4v) is 1.31. The Labute approximate surface area is 84.7 Å². The van der Waals surface area contributed by atoms with Gasteiger partial charge in [0.15, 0.2) is 0 Å². The van der Waals surface area contributed by atoms with Gasteiger partial charge in [-0.15, -0.1) is 0 Å². The fraction of sp³-hybridized carbons (Fsp3) is 0.250. The van der Waals surface area contributed by atoms with E-state index in [0.717, 1.165) is 13.1 Å². The standard InChI is InChI=1S/C8H8N4O3/c9-7(13)5-1-2-10-8(11-3-4-11)6(5)12(14)15/h1-2H,3-4H2,(H2,9,13). The van der Waals surface area contributed by atoms with Gasteiger partial charge in [0, 0.05) is 19.3 Å². The highest BCUT2D eigenvalue weighted by Gasteiger charge is 2.32. The van der Waals surface area contributed by atoms with Gasteiger partial charge in [0.05, 0.1) is 4.92 Å². The van der Waals surface area contributed by atoms with Crippen molar-refractivity contribution in [1.82, 2.24) is 4.98 Å². The van der Waals surface area contributed by atoms with Crippen LogP contribution >= 0.6 is 0 Å². The first-order valence-electron chi connectivity index (χ1n) is 4.29. The zero-order valence-electron chi connectivity index (χ0n) is 7.71. The molecule has 2 heterocycles. The van der Waals surface area contributed by atoms with E-state index < -0.39 is 10.8 Å². The lowest BCUT2D eigenvalue weighted by molar-refractivity contribution is -0.384. The third kappa shape index (κ3) is 1.58. The molecular weight excluding hydrogens is 200 g/mol. The minimum atomic E-state index is -0.813. The van der Waals surface area contributed by atoms with Crippen molar-refractivity contribution in [3.63, 3.8) is 0 Å². The van der Waals surface area contributed by atoms with Crippen LogP contribution in [0.4, 0.5) is 11.5 Å². The van der Waals surface area contributed by atoms with Crippen LogP contribution in [0.25, 0.3) is 0 Å². The monoisotopic (exact) mass is 208 g/mol. The SMILES string of the molecule is NC(=O)c1ccnc(N2CC2)c1[N+](=O)[O-]. The molecule has 1 aromatic rings. The molecule has 0 bridgehead atoms. The molecule has 2 rings (SSSR count). The summed E-state index contributed by atoms with van der Waals surface area (Å²) in [6.45, 7) is 1.44. The van der Waals surface area contributed by atoms with Crippen LogP contribution in [-0.2, 0) is 0 Å². The zero-order chi connectivity index (χ0) is 11.0. The van der Waals surface area contributed by atoms with E-state index in [0.29, 0.717) is 0 Å². The lowest BCUT2D eigenvalue weighted by Crippen LogP contribution is -2.15. The average molecular weight is 208 g/mol. The molecule has 1 aliphatic heterocycles. The summed E-state index contributed by atoms with van der Waals surface area (Å²) >= 11 is 0. The number of aromatic nitrogens is 1. The van der Waals surface area contributed by atoms with E-state index in [4.69, 9.17) is 5.73 Å². The highest BCUT2D eigenvalue weighted by atomic mass is 16.6. The quantitative estimate of drug-likeness (QED) is 0.424. The highest BCUT2D eigenvalue weighted by molar-refractivity contribution is 5.99. The second-order valence-corrected chi connectivity index (χ2v) is 3.14. The summed E-state index contributed by atoms with van der Waals surface area (Å²) in [5, 5.41) is 10.8. The Morgan fingerprint density at radius 2 is 2.27 bits per heavy atom. The number of rotatable bonds is 3. The molecule has 0 radical (unpaired) electrons. The number of hydrogen-bond acceptors (Lipinski definition) is 5. The molecule has 1 aromatic heterocycles. The number of pyridine rings is 1. The molecule has 7 heteroatoms. The van der Waals surface area contributed by atoms with Gasteiger partial charge >= 0.3 is 5.69 Å². The van der Waals surface area contributed by atoms with Gasteiger partial charge < -0.3 is 10.6 Å². The van der Waals surface area contributed by atoms with Crippen molar-refractivity contribution >= 4 is 17.4 Å². The first kappa shape index (κ1) is 9.38. The van der Waals surface area contributed by atoms with Crippen LogP contribution in [-0.4, -0.2) is 28.9 Å². The van der Waals surface area contributed by atoms with E-state index in [2.05, 4.69) is 4.98 Å². The predicted octanol–water partition coefficient (Wildman–Crippen LogP) is -0.0913. The van der Waals surface area contributed by atoms with E-state index in [1.807, 2.05) is 0 Å². The topological polar surface area (TPSA) is 102 Å². The Hall–Kier alpha value is -2.18. The molecule has 0 atom stereocenters. The number of primary amides is 1. The second kappa shape index (κ2) is 3.19. The molecule has 7 nitrogen and oxygen atoms in total. The van der Waals surface area contributed by atoms with Gasteiger partial charge in [-0.2, -0.15) is 0 Å². The number of amides is 1. The minimum Gasteiger partial charge on any atom is -0.365 e. The van der Waals surface area contributed by atoms with Crippen molar-refractivity contribution in [3.8, 4) is 0 Å². The van der Waals surface area contributed by atoms with Crippen LogP contribution < -0.4 is 10.6 Å². The third-order valence-electron chi connectivity index (χ3n) is 2.10. The van der Waals surface area contributed by atoms with Crippen LogP contribution in [0.2, 0.25) is 0 Å². The average Bonchev–Trinajstić information content (AvgIpc) is 2.99. The summed E-state index contributed by atoms with van der Waals surface area (Å²) in [7, 11) is 0. The number of carbonyl (C=O) groups is 1.